The van der Waals surface area contributed by atoms with Gasteiger partial charge in [-0.05, 0) is 42.7 Å². The highest BCUT2D eigenvalue weighted by Crippen LogP contribution is 2.28. The molecule has 0 saturated carbocycles. The normalized spacial score (nSPS) is 15.7. The number of para-hydroxylation sites is 2. The minimum absolute atomic E-state index is 0.131. The molecular formula is C21H22BrN3O3S. The van der Waals surface area contributed by atoms with Crippen molar-refractivity contribution in [1.29, 1.82) is 0 Å². The smallest absolute Gasteiger partial charge is 0.237 e. The maximum atomic E-state index is 12.6. The number of rotatable bonds is 5. The number of benzene rings is 2. The summed E-state index contributed by atoms with van der Waals surface area (Å²) in [5, 5.41) is 0. The summed E-state index contributed by atoms with van der Waals surface area (Å²) < 4.78 is 25.8. The van der Waals surface area contributed by atoms with Crippen molar-refractivity contribution in [2.24, 2.45) is 0 Å². The predicted molar refractivity (Wildman–Crippen MR) is 116 cm³/mol. The molecule has 1 N–H and O–H groups in total. The van der Waals surface area contributed by atoms with Gasteiger partial charge >= 0.3 is 0 Å². The summed E-state index contributed by atoms with van der Waals surface area (Å²) in [4.78, 5) is 22.3. The first-order valence-electron chi connectivity index (χ1n) is 9.57. The van der Waals surface area contributed by atoms with E-state index in [-0.39, 0.29) is 17.6 Å². The van der Waals surface area contributed by atoms with Crippen LogP contribution in [0.5, 0.6) is 0 Å². The Bertz CT molecular complexity index is 1100. The molecule has 1 aliphatic heterocycles. The number of piperidine rings is 1. The van der Waals surface area contributed by atoms with E-state index in [0.29, 0.717) is 18.7 Å². The van der Waals surface area contributed by atoms with Crippen LogP contribution >= 0.6 is 15.9 Å². The number of hydrogen-bond donors (Lipinski definition) is 1. The van der Waals surface area contributed by atoms with Gasteiger partial charge in [0, 0.05) is 23.5 Å². The van der Waals surface area contributed by atoms with Crippen LogP contribution in [0.2, 0.25) is 0 Å². The molecule has 1 fully saturated rings. The Morgan fingerprint density at radius 3 is 2.62 bits per heavy atom. The molecule has 0 unspecified atom stereocenters. The molecule has 6 nitrogen and oxygen atoms in total. The molecule has 1 aliphatic rings. The highest BCUT2D eigenvalue weighted by atomic mass is 79.9. The fourth-order valence-corrected chi connectivity index (χ4v) is 5.57. The predicted octanol–water partition coefficient (Wildman–Crippen LogP) is 3.65. The van der Waals surface area contributed by atoms with Crippen LogP contribution in [-0.4, -0.2) is 48.0 Å². The zero-order valence-corrected chi connectivity index (χ0v) is 18.2. The zero-order chi connectivity index (χ0) is 20.4. The highest BCUT2D eigenvalue weighted by molar-refractivity contribution is 9.10. The third-order valence-electron chi connectivity index (χ3n) is 5.26. The van der Waals surface area contributed by atoms with Crippen LogP contribution in [-0.2, 0) is 20.4 Å². The van der Waals surface area contributed by atoms with Crippen LogP contribution in [0, 0.1) is 0 Å². The Labute approximate surface area is 178 Å². The van der Waals surface area contributed by atoms with Crippen molar-refractivity contribution in [2.75, 3.05) is 18.8 Å². The van der Waals surface area contributed by atoms with Crippen LogP contribution < -0.4 is 0 Å². The van der Waals surface area contributed by atoms with Gasteiger partial charge in [0.1, 0.15) is 11.6 Å². The number of fused-ring (bicyclic) bond motifs is 1. The van der Waals surface area contributed by atoms with E-state index in [1.807, 2.05) is 30.3 Å². The van der Waals surface area contributed by atoms with Crippen molar-refractivity contribution >= 4 is 42.7 Å². The molecule has 2 heterocycles. The summed E-state index contributed by atoms with van der Waals surface area (Å²) in [5.41, 5.74) is 2.63. The molecule has 0 atom stereocenters. The first kappa shape index (κ1) is 20.1. The summed E-state index contributed by atoms with van der Waals surface area (Å²) in [6.07, 6.45) is 1.55. The number of sulfone groups is 1. The summed E-state index contributed by atoms with van der Waals surface area (Å²) >= 11 is 3.34. The first-order valence-corrected chi connectivity index (χ1v) is 12.2. The van der Waals surface area contributed by atoms with Gasteiger partial charge in [0.15, 0.2) is 9.84 Å². The van der Waals surface area contributed by atoms with Crippen LogP contribution in [0.3, 0.4) is 0 Å². The van der Waals surface area contributed by atoms with E-state index in [1.54, 1.807) is 23.1 Å². The van der Waals surface area contributed by atoms with E-state index < -0.39 is 15.6 Å². The lowest BCUT2D eigenvalue weighted by Crippen LogP contribution is -2.41. The number of aromatic nitrogens is 2. The fourth-order valence-electron chi connectivity index (χ4n) is 3.78. The van der Waals surface area contributed by atoms with Gasteiger partial charge < -0.3 is 9.88 Å². The Morgan fingerprint density at radius 2 is 1.90 bits per heavy atom. The van der Waals surface area contributed by atoms with E-state index >= 15 is 0 Å². The van der Waals surface area contributed by atoms with Crippen LogP contribution in [0.25, 0.3) is 11.0 Å². The number of nitrogens with zero attached hydrogens (tertiary/aromatic N) is 2. The number of imidazole rings is 1. The Morgan fingerprint density at radius 1 is 1.14 bits per heavy atom. The van der Waals surface area contributed by atoms with E-state index in [9.17, 15) is 13.2 Å². The number of halogens is 1. The molecule has 2 aromatic carbocycles. The van der Waals surface area contributed by atoms with Gasteiger partial charge in [0.05, 0.1) is 16.8 Å². The molecule has 29 heavy (non-hydrogen) atoms. The molecule has 0 radical (unpaired) electrons. The quantitative estimate of drug-likeness (QED) is 0.610. The fraction of sp³-hybridized carbons (Fsp3) is 0.333. The number of hydrogen-bond acceptors (Lipinski definition) is 4. The number of amides is 1. The minimum Gasteiger partial charge on any atom is -0.342 e. The molecule has 1 aromatic heterocycles. The number of aromatic amines is 1. The van der Waals surface area contributed by atoms with Gasteiger partial charge in [-0.25, -0.2) is 13.4 Å². The minimum atomic E-state index is -3.51. The zero-order valence-electron chi connectivity index (χ0n) is 15.8. The van der Waals surface area contributed by atoms with Crippen molar-refractivity contribution < 1.29 is 13.2 Å². The standard InChI is InChI=1S/C21H22BrN3O3S/c22-17-5-3-4-15(12-17)13-29(27,28)14-20(26)25-10-8-16(9-11-25)21-23-18-6-1-2-7-19(18)24-21/h1-7,12,16H,8-11,13-14H2,(H,23,24). The average molecular weight is 476 g/mol. The molecule has 1 amide bonds. The van der Waals surface area contributed by atoms with E-state index in [1.165, 1.54) is 0 Å². The number of nitrogens with one attached hydrogen (secondary N) is 1. The first-order chi connectivity index (χ1) is 13.9. The lowest BCUT2D eigenvalue weighted by Gasteiger charge is -2.31. The molecule has 0 spiro atoms. The SMILES string of the molecule is O=C(CS(=O)(=O)Cc1cccc(Br)c1)N1CCC(c2nc3ccccc3[nH]2)CC1. The van der Waals surface area contributed by atoms with Crippen molar-refractivity contribution in [2.45, 2.75) is 24.5 Å². The lowest BCUT2D eigenvalue weighted by molar-refractivity contribution is -0.129. The van der Waals surface area contributed by atoms with Gasteiger partial charge in [0.2, 0.25) is 5.91 Å². The Balaban J connectivity index is 1.34. The molecular weight excluding hydrogens is 454 g/mol. The van der Waals surface area contributed by atoms with E-state index in [2.05, 4.69) is 25.9 Å². The number of carbonyl (C=O) groups excluding carboxylic acids is 1. The second kappa shape index (κ2) is 8.28. The van der Waals surface area contributed by atoms with Gasteiger partial charge in [-0.2, -0.15) is 0 Å². The van der Waals surface area contributed by atoms with Gasteiger partial charge in [-0.3, -0.25) is 4.79 Å². The lowest BCUT2D eigenvalue weighted by atomic mass is 9.96. The van der Waals surface area contributed by atoms with Crippen molar-refractivity contribution in [3.8, 4) is 0 Å². The molecule has 0 aliphatic carbocycles. The van der Waals surface area contributed by atoms with E-state index in [4.69, 9.17) is 0 Å². The van der Waals surface area contributed by atoms with Crippen molar-refractivity contribution in [3.63, 3.8) is 0 Å². The summed E-state index contributed by atoms with van der Waals surface area (Å²) in [5.74, 6) is 0.302. The van der Waals surface area contributed by atoms with E-state index in [0.717, 1.165) is 34.2 Å². The molecule has 3 aromatic rings. The molecule has 1 saturated heterocycles. The van der Waals surface area contributed by atoms with Crippen molar-refractivity contribution in [3.05, 3.63) is 64.4 Å². The highest BCUT2D eigenvalue weighted by Gasteiger charge is 2.28. The third kappa shape index (κ3) is 4.87. The summed E-state index contributed by atoms with van der Waals surface area (Å²) in [6.45, 7) is 1.10. The monoisotopic (exact) mass is 475 g/mol. The third-order valence-corrected chi connectivity index (χ3v) is 7.21. The van der Waals surface area contributed by atoms with Gasteiger partial charge in [-0.1, -0.05) is 40.2 Å². The largest absolute Gasteiger partial charge is 0.342 e. The number of carbonyl (C=O) groups is 1. The van der Waals surface area contributed by atoms with Gasteiger partial charge in [-0.15, -0.1) is 0 Å². The second-order valence-electron chi connectivity index (χ2n) is 7.46. The Hall–Kier alpha value is -2.19. The molecule has 0 bridgehead atoms. The number of likely N-dealkylation sites (tertiary alicyclic amines) is 1. The second-order valence-corrected chi connectivity index (χ2v) is 10.4. The summed E-state index contributed by atoms with van der Waals surface area (Å²) in [6, 6.07) is 15.1. The number of H-pyrrole nitrogens is 1. The van der Waals surface area contributed by atoms with Crippen LogP contribution in [0.4, 0.5) is 0 Å². The maximum absolute atomic E-state index is 12.6. The molecule has 152 valence electrons. The Kier molecular flexibility index (Phi) is 5.74. The van der Waals surface area contributed by atoms with Crippen LogP contribution in [0.15, 0.2) is 53.0 Å². The summed E-state index contributed by atoms with van der Waals surface area (Å²) in [7, 11) is -3.51. The maximum Gasteiger partial charge on any atom is 0.237 e. The molecule has 4 rings (SSSR count). The van der Waals surface area contributed by atoms with Gasteiger partial charge in [0.25, 0.3) is 0 Å². The van der Waals surface area contributed by atoms with Crippen LogP contribution in [0.1, 0.15) is 30.1 Å². The molecule has 8 heteroatoms. The average Bonchev–Trinajstić information content (AvgIpc) is 3.11. The van der Waals surface area contributed by atoms with Crippen molar-refractivity contribution in [1.82, 2.24) is 14.9 Å². The topological polar surface area (TPSA) is 83.1 Å².